The van der Waals surface area contributed by atoms with Crippen molar-refractivity contribution in [3.05, 3.63) is 23.0 Å². The molecule has 22 heavy (non-hydrogen) atoms. The predicted molar refractivity (Wildman–Crippen MR) is 74.5 cm³/mol. The van der Waals surface area contributed by atoms with Crippen LogP contribution in [0.2, 0.25) is 0 Å². The Morgan fingerprint density at radius 1 is 1.45 bits per heavy atom. The van der Waals surface area contributed by atoms with Gasteiger partial charge < -0.3 is 18.9 Å². The van der Waals surface area contributed by atoms with Crippen LogP contribution in [0, 0.1) is 13.8 Å². The first kappa shape index (κ1) is 14.3. The molecule has 0 unspecified atom stereocenters. The van der Waals surface area contributed by atoms with E-state index in [9.17, 15) is 9.59 Å². The van der Waals surface area contributed by atoms with Gasteiger partial charge >= 0.3 is 12.1 Å². The fourth-order valence-electron chi connectivity index (χ4n) is 2.33. The number of pyridine rings is 1. The fraction of sp³-hybridized carbons (Fsp3) is 0.429. The quantitative estimate of drug-likeness (QED) is 0.789. The second-order valence-electron chi connectivity index (χ2n) is 5.00. The monoisotopic (exact) mass is 305 g/mol. The van der Waals surface area contributed by atoms with Crippen molar-refractivity contribution in [2.24, 2.45) is 0 Å². The van der Waals surface area contributed by atoms with Gasteiger partial charge in [0.15, 0.2) is 0 Å². The molecule has 0 atom stereocenters. The number of cyclic esters (lactones) is 1. The van der Waals surface area contributed by atoms with E-state index in [4.69, 9.17) is 14.0 Å². The number of nitrogens with zero attached hydrogens (tertiary/aromatic N) is 3. The first-order chi connectivity index (χ1) is 10.6. The minimum atomic E-state index is -0.491. The summed E-state index contributed by atoms with van der Waals surface area (Å²) in [4.78, 5) is 29.2. The van der Waals surface area contributed by atoms with Gasteiger partial charge in [-0.2, -0.15) is 0 Å². The maximum atomic E-state index is 12.3. The van der Waals surface area contributed by atoms with Gasteiger partial charge in [0, 0.05) is 5.69 Å². The summed E-state index contributed by atoms with van der Waals surface area (Å²) >= 11 is 0. The molecule has 8 nitrogen and oxygen atoms in total. The molecule has 1 saturated heterocycles. The van der Waals surface area contributed by atoms with E-state index in [1.165, 1.54) is 4.90 Å². The normalized spacial score (nSPS) is 14.5. The van der Waals surface area contributed by atoms with E-state index in [0.717, 1.165) is 0 Å². The molecule has 1 fully saturated rings. The molecule has 0 saturated carbocycles. The Balaban J connectivity index is 1.72. The highest BCUT2D eigenvalue weighted by Gasteiger charge is 2.23. The molecule has 0 aliphatic carbocycles. The number of aromatic nitrogens is 2. The summed E-state index contributed by atoms with van der Waals surface area (Å²) in [5.74, 6) is -0.491. The van der Waals surface area contributed by atoms with Crippen molar-refractivity contribution in [3.8, 4) is 0 Å². The van der Waals surface area contributed by atoms with Crippen molar-refractivity contribution in [2.75, 3.05) is 26.3 Å². The lowest BCUT2D eigenvalue weighted by Gasteiger charge is -2.12. The molecule has 2 aromatic rings. The van der Waals surface area contributed by atoms with E-state index in [0.29, 0.717) is 47.7 Å². The number of esters is 1. The second-order valence-corrected chi connectivity index (χ2v) is 5.00. The Bertz CT molecular complexity index is 739. The van der Waals surface area contributed by atoms with Crippen LogP contribution in [0.5, 0.6) is 0 Å². The smallest absolute Gasteiger partial charge is 0.410 e. The van der Waals surface area contributed by atoms with Gasteiger partial charge in [-0.15, -0.1) is 0 Å². The Labute approximate surface area is 126 Å². The third-order valence-corrected chi connectivity index (χ3v) is 3.40. The van der Waals surface area contributed by atoms with Crippen LogP contribution in [0.3, 0.4) is 0 Å². The average molecular weight is 305 g/mol. The number of fused-ring (bicyclic) bond motifs is 1. The summed E-state index contributed by atoms with van der Waals surface area (Å²) in [5.41, 5.74) is 1.90. The first-order valence-corrected chi connectivity index (χ1v) is 6.88. The maximum Gasteiger partial charge on any atom is 0.410 e. The standard InChI is InChI=1S/C14H15N3O5/c1-8-7-10(11-9(2)16-22-12(11)15-8)13(18)20-5-3-17-4-6-21-14(17)19/h7H,3-6H2,1-2H3. The summed E-state index contributed by atoms with van der Waals surface area (Å²) in [6, 6.07) is 1.64. The number of carbonyl (C=O) groups is 2. The highest BCUT2D eigenvalue weighted by atomic mass is 16.6. The number of carbonyl (C=O) groups excluding carboxylic acids is 2. The molecule has 0 N–H and O–H groups in total. The van der Waals surface area contributed by atoms with E-state index in [1.807, 2.05) is 0 Å². The van der Waals surface area contributed by atoms with E-state index < -0.39 is 5.97 Å². The average Bonchev–Trinajstić information content (AvgIpc) is 3.05. The minimum absolute atomic E-state index is 0.0983. The number of aryl methyl sites for hydroxylation is 2. The zero-order chi connectivity index (χ0) is 15.7. The van der Waals surface area contributed by atoms with Crippen LogP contribution in [-0.4, -0.2) is 53.4 Å². The molecule has 0 spiro atoms. The highest BCUT2D eigenvalue weighted by molar-refractivity contribution is 6.03. The van der Waals surface area contributed by atoms with Gasteiger partial charge in [-0.1, -0.05) is 5.16 Å². The number of rotatable bonds is 4. The van der Waals surface area contributed by atoms with E-state index >= 15 is 0 Å². The number of amides is 1. The van der Waals surface area contributed by atoms with Crippen molar-refractivity contribution < 1.29 is 23.6 Å². The summed E-state index contributed by atoms with van der Waals surface area (Å²) in [6.45, 7) is 4.78. The van der Waals surface area contributed by atoms with Gasteiger partial charge in [0.05, 0.1) is 29.7 Å². The molecule has 3 rings (SSSR count). The van der Waals surface area contributed by atoms with Crippen molar-refractivity contribution in [1.82, 2.24) is 15.0 Å². The van der Waals surface area contributed by atoms with Crippen molar-refractivity contribution in [1.29, 1.82) is 0 Å². The van der Waals surface area contributed by atoms with Gasteiger partial charge in [0.1, 0.15) is 13.2 Å². The lowest BCUT2D eigenvalue weighted by molar-refractivity contribution is 0.0479. The maximum absolute atomic E-state index is 12.3. The van der Waals surface area contributed by atoms with Gasteiger partial charge in [-0.05, 0) is 19.9 Å². The zero-order valence-corrected chi connectivity index (χ0v) is 12.3. The van der Waals surface area contributed by atoms with Crippen LogP contribution in [0.25, 0.3) is 11.1 Å². The van der Waals surface area contributed by atoms with Gasteiger partial charge in [0.2, 0.25) is 0 Å². The molecule has 0 bridgehead atoms. The van der Waals surface area contributed by atoms with Gasteiger partial charge in [-0.3, -0.25) is 0 Å². The lowest BCUT2D eigenvalue weighted by Crippen LogP contribution is -2.29. The van der Waals surface area contributed by atoms with Crippen LogP contribution in [-0.2, 0) is 9.47 Å². The van der Waals surface area contributed by atoms with Gasteiger partial charge in [-0.25, -0.2) is 14.6 Å². The van der Waals surface area contributed by atoms with E-state index in [2.05, 4.69) is 10.1 Å². The van der Waals surface area contributed by atoms with Crippen LogP contribution in [0.4, 0.5) is 4.79 Å². The molecule has 116 valence electrons. The largest absolute Gasteiger partial charge is 0.460 e. The van der Waals surface area contributed by atoms with Crippen LogP contribution >= 0.6 is 0 Å². The SMILES string of the molecule is Cc1cc(C(=O)OCCN2CCOC2=O)c2c(C)noc2n1. The molecule has 1 amide bonds. The molecular weight excluding hydrogens is 290 g/mol. The fourth-order valence-corrected chi connectivity index (χ4v) is 2.33. The molecule has 1 aliphatic heterocycles. The topological polar surface area (TPSA) is 94.8 Å². The van der Waals surface area contributed by atoms with Crippen LogP contribution < -0.4 is 0 Å². The second kappa shape index (κ2) is 5.63. The predicted octanol–water partition coefficient (Wildman–Crippen LogP) is 1.45. The Morgan fingerprint density at radius 3 is 3.00 bits per heavy atom. The summed E-state index contributed by atoms with van der Waals surface area (Å²) in [7, 11) is 0. The summed E-state index contributed by atoms with van der Waals surface area (Å²) < 4.78 is 15.1. The third kappa shape index (κ3) is 2.59. The van der Waals surface area contributed by atoms with Crippen molar-refractivity contribution >= 4 is 23.2 Å². The number of hydrogen-bond donors (Lipinski definition) is 0. The third-order valence-electron chi connectivity index (χ3n) is 3.40. The van der Waals surface area contributed by atoms with Crippen molar-refractivity contribution in [3.63, 3.8) is 0 Å². The lowest BCUT2D eigenvalue weighted by atomic mass is 10.1. The molecular formula is C14H15N3O5. The summed E-state index contributed by atoms with van der Waals surface area (Å²) in [5, 5.41) is 4.37. The molecule has 2 aromatic heterocycles. The van der Waals surface area contributed by atoms with E-state index in [1.54, 1.807) is 19.9 Å². The van der Waals surface area contributed by atoms with E-state index in [-0.39, 0.29) is 12.7 Å². The minimum Gasteiger partial charge on any atom is -0.460 e. The van der Waals surface area contributed by atoms with Crippen LogP contribution in [0.15, 0.2) is 10.6 Å². The molecule has 0 aromatic carbocycles. The molecule has 3 heterocycles. The van der Waals surface area contributed by atoms with Gasteiger partial charge in [0.25, 0.3) is 5.71 Å². The van der Waals surface area contributed by atoms with Crippen LogP contribution in [0.1, 0.15) is 21.7 Å². The molecule has 0 radical (unpaired) electrons. The number of ether oxygens (including phenoxy) is 2. The molecule has 1 aliphatic rings. The Kier molecular flexibility index (Phi) is 3.66. The number of hydrogen-bond acceptors (Lipinski definition) is 7. The Hall–Kier alpha value is -2.64. The highest BCUT2D eigenvalue weighted by Crippen LogP contribution is 2.22. The first-order valence-electron chi connectivity index (χ1n) is 6.88. The summed E-state index contributed by atoms with van der Waals surface area (Å²) in [6.07, 6.45) is -0.381. The van der Waals surface area contributed by atoms with Crippen molar-refractivity contribution in [2.45, 2.75) is 13.8 Å². The molecule has 8 heteroatoms. The zero-order valence-electron chi connectivity index (χ0n) is 12.3. The Morgan fingerprint density at radius 2 is 2.27 bits per heavy atom.